The molecule has 0 aromatic carbocycles. The molecule has 0 atom stereocenters. The van der Waals surface area contributed by atoms with Crippen molar-refractivity contribution in [2.75, 3.05) is 0 Å². The predicted octanol–water partition coefficient (Wildman–Crippen LogP) is 8.40. The van der Waals surface area contributed by atoms with Gasteiger partial charge in [-0.2, -0.15) is 0 Å². The smallest absolute Gasteiger partial charge is 0.657 e. The summed E-state index contributed by atoms with van der Waals surface area (Å²) in [5, 5.41) is 0. The largest absolute Gasteiger partial charge is 2.00 e. The van der Waals surface area contributed by atoms with E-state index in [4.69, 9.17) is 19.9 Å². The molecule has 3 aromatic heterocycles. The molecular weight excluding hydrogens is 495 g/mol. The first kappa shape index (κ1) is 27.2. The number of hydrogen-bond donors (Lipinski definition) is 0. The summed E-state index contributed by atoms with van der Waals surface area (Å²) in [5.74, 6) is 1.15. The van der Waals surface area contributed by atoms with E-state index in [1.807, 2.05) is 0 Å². The molecule has 0 fully saturated rings. The van der Waals surface area contributed by atoms with E-state index in [9.17, 15) is 0 Å². The fourth-order valence-electron chi connectivity index (χ4n) is 5.54. The van der Waals surface area contributed by atoms with Crippen molar-refractivity contribution in [2.24, 2.45) is 0 Å². The van der Waals surface area contributed by atoms with E-state index in [2.05, 4.69) is 104 Å². The van der Waals surface area contributed by atoms with Gasteiger partial charge in [0.05, 0.1) is 22.8 Å². The average molecular weight is 532 g/mol. The second-order valence-electron chi connectivity index (χ2n) is 11.1. The minimum absolute atomic E-state index is 0. The molecule has 0 unspecified atom stereocenters. The van der Waals surface area contributed by atoms with Gasteiger partial charge in [-0.05, 0) is 70.2 Å². The Morgan fingerprint density at radius 3 is 0.838 bits per heavy atom. The molecule has 5 heteroatoms. The van der Waals surface area contributed by atoms with Crippen LogP contribution in [0.5, 0.6) is 0 Å². The Morgan fingerprint density at radius 2 is 0.649 bits per heavy atom. The normalized spacial score (nSPS) is 12.9. The molecule has 4 nitrogen and oxygen atoms in total. The zero-order valence-electron chi connectivity index (χ0n) is 23.1. The molecule has 8 bridgehead atoms. The van der Waals surface area contributed by atoms with Crippen LogP contribution >= 0.6 is 0 Å². The van der Waals surface area contributed by atoms with Gasteiger partial charge in [-0.1, -0.05) is 79.7 Å². The first-order valence-corrected chi connectivity index (χ1v) is 13.2. The van der Waals surface area contributed by atoms with Crippen molar-refractivity contribution in [2.45, 2.75) is 79.1 Å². The van der Waals surface area contributed by atoms with Crippen molar-refractivity contribution in [3.8, 4) is 0 Å². The van der Waals surface area contributed by atoms with E-state index in [1.54, 1.807) is 0 Å². The van der Waals surface area contributed by atoms with Crippen LogP contribution in [-0.2, 0) is 17.1 Å². The number of rotatable bonds is 4. The molecule has 5 rings (SSSR count). The monoisotopic (exact) mass is 531 g/mol. The predicted molar refractivity (Wildman–Crippen MR) is 153 cm³/mol. The zero-order valence-corrected chi connectivity index (χ0v) is 24.3. The van der Waals surface area contributed by atoms with Crippen molar-refractivity contribution in [1.29, 1.82) is 0 Å². The third kappa shape index (κ3) is 4.87. The second kappa shape index (κ2) is 10.5. The zero-order chi connectivity index (χ0) is 25.7. The van der Waals surface area contributed by atoms with E-state index in [1.165, 1.54) is 22.3 Å². The van der Waals surface area contributed by atoms with E-state index in [-0.39, 0.29) is 40.7 Å². The van der Waals surface area contributed by atoms with Gasteiger partial charge >= 0.3 is 17.1 Å². The summed E-state index contributed by atoms with van der Waals surface area (Å²) in [7, 11) is 0. The van der Waals surface area contributed by atoms with Crippen LogP contribution in [0.25, 0.3) is 46.4 Å². The van der Waals surface area contributed by atoms with Gasteiger partial charge in [0.2, 0.25) is 0 Å². The molecular formula is C32H36MnN4. The number of aromatic nitrogens is 4. The van der Waals surface area contributed by atoms with E-state index in [0.29, 0.717) is 0 Å². The number of fused-ring (bicyclic) bond motifs is 8. The fourth-order valence-corrected chi connectivity index (χ4v) is 5.54. The van der Waals surface area contributed by atoms with Crippen molar-refractivity contribution in [1.82, 2.24) is 19.9 Å². The molecule has 0 saturated heterocycles. The molecule has 2 aliphatic rings. The maximum Gasteiger partial charge on any atom is 2.00 e. The van der Waals surface area contributed by atoms with Crippen LogP contribution in [0, 0.1) is 0 Å². The minimum atomic E-state index is 0. The summed E-state index contributed by atoms with van der Waals surface area (Å²) in [6.45, 7) is 17.7. The van der Waals surface area contributed by atoms with Crippen molar-refractivity contribution >= 4 is 46.4 Å². The first-order valence-electron chi connectivity index (χ1n) is 13.2. The van der Waals surface area contributed by atoms with E-state index >= 15 is 0 Å². The Balaban J connectivity index is 0.00000320. The fraction of sp³-hybridized carbons (Fsp3) is 0.375. The molecule has 0 saturated carbocycles. The SMILES string of the molecule is CC(C)c1c2nc(c(C(C)C)c3ccc([n-]3)c(C(C)C)c3nc(c(C(C)C)c4ccc1[n-]4)C=C3)C=C2.[Mn+2]. The number of nitrogens with zero attached hydrogens (tertiary/aromatic N) is 4. The molecule has 2 aliphatic heterocycles. The molecule has 0 spiro atoms. The van der Waals surface area contributed by atoms with Crippen LogP contribution in [0.1, 0.15) is 124 Å². The summed E-state index contributed by atoms with van der Waals surface area (Å²) in [4.78, 5) is 20.6. The van der Waals surface area contributed by atoms with Crippen molar-refractivity contribution < 1.29 is 17.1 Å². The quantitative estimate of drug-likeness (QED) is 0.219. The Labute approximate surface area is 231 Å². The van der Waals surface area contributed by atoms with Gasteiger partial charge in [0.25, 0.3) is 0 Å². The van der Waals surface area contributed by atoms with Gasteiger partial charge in [-0.3, -0.25) is 0 Å². The summed E-state index contributed by atoms with van der Waals surface area (Å²) >= 11 is 0. The summed E-state index contributed by atoms with van der Waals surface area (Å²) < 4.78 is 0. The van der Waals surface area contributed by atoms with Gasteiger partial charge < -0.3 is 9.97 Å². The van der Waals surface area contributed by atoms with Crippen LogP contribution in [0.3, 0.4) is 0 Å². The van der Waals surface area contributed by atoms with Gasteiger partial charge in [-0.25, -0.2) is 9.97 Å². The van der Waals surface area contributed by atoms with Gasteiger partial charge in [0.15, 0.2) is 0 Å². The molecule has 1 radical (unpaired) electrons. The Kier molecular flexibility index (Phi) is 7.69. The Morgan fingerprint density at radius 1 is 0.432 bits per heavy atom. The van der Waals surface area contributed by atoms with E-state index in [0.717, 1.165) is 44.8 Å². The van der Waals surface area contributed by atoms with Gasteiger partial charge in [0, 0.05) is 0 Å². The minimum Gasteiger partial charge on any atom is -0.657 e. The van der Waals surface area contributed by atoms with Crippen LogP contribution in [-0.4, -0.2) is 9.97 Å². The molecule has 5 heterocycles. The average Bonchev–Trinajstić information content (AvgIpc) is 3.57. The third-order valence-electron chi connectivity index (χ3n) is 7.08. The van der Waals surface area contributed by atoms with Gasteiger partial charge in [-0.15, -0.1) is 22.1 Å². The van der Waals surface area contributed by atoms with Crippen LogP contribution in [0.15, 0.2) is 24.3 Å². The number of hydrogen-bond acceptors (Lipinski definition) is 2. The van der Waals surface area contributed by atoms with Crippen molar-refractivity contribution in [3.05, 3.63) is 69.3 Å². The standard InChI is InChI=1S/C32H36N4.Mn/c1-17(2)29-21-9-11-23(33-21)30(18(3)4)25-13-15-27(35-25)32(20(7)8)28-16-14-26(36-28)31(19(5)6)24-12-10-22(29)34-24;/h9-20H,1-8H3;/q-2;+2. The molecule has 191 valence electrons. The Hall–Kier alpha value is -2.88. The van der Waals surface area contributed by atoms with E-state index < -0.39 is 0 Å². The first-order chi connectivity index (χ1) is 17.2. The molecule has 0 aliphatic carbocycles. The second-order valence-corrected chi connectivity index (χ2v) is 11.1. The maximum absolute atomic E-state index is 5.15. The van der Waals surface area contributed by atoms with Crippen LogP contribution in [0.4, 0.5) is 0 Å². The summed E-state index contributed by atoms with van der Waals surface area (Å²) in [5.41, 5.74) is 12.7. The maximum atomic E-state index is 5.15. The molecule has 37 heavy (non-hydrogen) atoms. The summed E-state index contributed by atoms with van der Waals surface area (Å²) in [6, 6.07) is 8.58. The summed E-state index contributed by atoms with van der Waals surface area (Å²) in [6.07, 6.45) is 8.58. The van der Waals surface area contributed by atoms with Crippen LogP contribution < -0.4 is 9.97 Å². The third-order valence-corrected chi connectivity index (χ3v) is 7.08. The molecule has 0 N–H and O–H groups in total. The molecule has 3 aromatic rings. The Bertz CT molecular complexity index is 1320. The molecule has 0 amide bonds. The van der Waals surface area contributed by atoms with Crippen LogP contribution in [0.2, 0.25) is 0 Å². The topological polar surface area (TPSA) is 54.0 Å². The van der Waals surface area contributed by atoms with Crippen molar-refractivity contribution in [3.63, 3.8) is 0 Å². The van der Waals surface area contributed by atoms with Gasteiger partial charge in [0.1, 0.15) is 0 Å².